The van der Waals surface area contributed by atoms with Crippen LogP contribution in [0.4, 0.5) is 5.69 Å². The Hall–Kier alpha value is -3.15. The van der Waals surface area contributed by atoms with Crippen LogP contribution in [0.1, 0.15) is 17.5 Å². The predicted octanol–water partition coefficient (Wildman–Crippen LogP) is 2.48. The molecule has 1 N–H and O–H groups in total. The summed E-state index contributed by atoms with van der Waals surface area (Å²) in [7, 11) is 3.98. The summed E-state index contributed by atoms with van der Waals surface area (Å²) in [6.45, 7) is 2.70. The number of hydrogen-bond donors (Lipinski definition) is 1. The number of benzene rings is 2. The van der Waals surface area contributed by atoms with Crippen LogP contribution in [0, 0.1) is 6.92 Å². The normalized spacial score (nSPS) is 10.8. The third-order valence-electron chi connectivity index (χ3n) is 4.58. The molecule has 0 saturated heterocycles. The van der Waals surface area contributed by atoms with Gasteiger partial charge in [-0.3, -0.25) is 14.2 Å². The first kappa shape index (κ1) is 18.6. The Morgan fingerprint density at radius 1 is 1.15 bits per heavy atom. The Bertz CT molecular complexity index is 1010. The van der Waals surface area contributed by atoms with E-state index in [-0.39, 0.29) is 17.9 Å². The van der Waals surface area contributed by atoms with Crippen LogP contribution >= 0.6 is 0 Å². The topological polar surface area (TPSA) is 67.2 Å². The molecule has 0 radical (unpaired) electrons. The number of para-hydroxylation sites is 1. The van der Waals surface area contributed by atoms with Crippen LogP contribution in [0.3, 0.4) is 0 Å². The van der Waals surface area contributed by atoms with E-state index in [0.717, 1.165) is 16.8 Å². The highest BCUT2D eigenvalue weighted by Gasteiger charge is 2.08. The summed E-state index contributed by atoms with van der Waals surface area (Å²) in [4.78, 5) is 31.1. The molecule has 0 fully saturated rings. The van der Waals surface area contributed by atoms with Crippen molar-refractivity contribution in [1.82, 2.24) is 14.9 Å². The van der Waals surface area contributed by atoms with Crippen LogP contribution < -0.4 is 15.8 Å². The minimum absolute atomic E-state index is 0.0945. The van der Waals surface area contributed by atoms with Crippen LogP contribution in [-0.2, 0) is 17.9 Å². The summed E-state index contributed by atoms with van der Waals surface area (Å²) in [6, 6.07) is 13.6. The second-order valence-electron chi connectivity index (χ2n) is 6.80. The van der Waals surface area contributed by atoms with Crippen molar-refractivity contribution in [3.63, 3.8) is 0 Å². The third-order valence-corrected chi connectivity index (χ3v) is 4.58. The Balaban J connectivity index is 1.58. The van der Waals surface area contributed by atoms with Crippen LogP contribution in [0.15, 0.2) is 53.6 Å². The Morgan fingerprint density at radius 3 is 2.59 bits per heavy atom. The number of hydrogen-bond acceptors (Lipinski definition) is 4. The molecule has 3 aromatic rings. The van der Waals surface area contributed by atoms with Gasteiger partial charge in [-0.05, 0) is 36.2 Å². The van der Waals surface area contributed by atoms with Gasteiger partial charge in [-0.15, -0.1) is 0 Å². The van der Waals surface area contributed by atoms with E-state index in [1.165, 1.54) is 10.9 Å². The number of carbonyl (C=O) groups is 1. The zero-order chi connectivity index (χ0) is 19.4. The minimum Gasteiger partial charge on any atom is -0.378 e. The summed E-state index contributed by atoms with van der Waals surface area (Å²) in [6.07, 6.45) is 1.75. The van der Waals surface area contributed by atoms with Crippen molar-refractivity contribution in [2.45, 2.75) is 26.4 Å². The number of anilines is 1. The summed E-state index contributed by atoms with van der Waals surface area (Å²) >= 11 is 0. The minimum atomic E-state index is -0.115. The number of aromatic nitrogens is 2. The molecule has 6 heteroatoms. The van der Waals surface area contributed by atoms with Gasteiger partial charge in [0.15, 0.2) is 0 Å². The molecule has 3 rings (SSSR count). The highest BCUT2D eigenvalue weighted by atomic mass is 16.1. The van der Waals surface area contributed by atoms with E-state index in [9.17, 15) is 9.59 Å². The Kier molecular flexibility index (Phi) is 5.54. The average Bonchev–Trinajstić information content (AvgIpc) is 2.66. The molecule has 1 amide bonds. The molecule has 6 nitrogen and oxygen atoms in total. The number of nitrogens with one attached hydrogen (secondary N) is 1. The molecule has 0 aliphatic carbocycles. The van der Waals surface area contributed by atoms with Gasteiger partial charge < -0.3 is 10.2 Å². The molecule has 0 unspecified atom stereocenters. The second-order valence-corrected chi connectivity index (χ2v) is 6.80. The highest BCUT2D eigenvalue weighted by molar-refractivity contribution is 5.80. The van der Waals surface area contributed by atoms with Gasteiger partial charge in [-0.25, -0.2) is 4.98 Å². The molecule has 0 atom stereocenters. The molecule has 2 aromatic carbocycles. The summed E-state index contributed by atoms with van der Waals surface area (Å²) in [5, 5.41) is 3.48. The first-order valence-electron chi connectivity index (χ1n) is 8.93. The highest BCUT2D eigenvalue weighted by Crippen LogP contribution is 2.12. The maximum Gasteiger partial charge on any atom is 0.261 e. The number of carbonyl (C=O) groups excluding carboxylic acids is 1. The lowest BCUT2D eigenvalue weighted by Crippen LogP contribution is -2.27. The monoisotopic (exact) mass is 364 g/mol. The summed E-state index contributed by atoms with van der Waals surface area (Å²) in [5.74, 6) is -0.0945. The third kappa shape index (κ3) is 4.34. The van der Waals surface area contributed by atoms with E-state index >= 15 is 0 Å². The fraction of sp³-hybridized carbons (Fsp3) is 0.286. The van der Waals surface area contributed by atoms with E-state index < -0.39 is 0 Å². The second kappa shape index (κ2) is 8.03. The fourth-order valence-electron chi connectivity index (χ4n) is 2.92. The van der Waals surface area contributed by atoms with Crippen molar-refractivity contribution < 1.29 is 4.79 Å². The van der Waals surface area contributed by atoms with Crippen LogP contribution in [0.5, 0.6) is 0 Å². The maximum absolute atomic E-state index is 12.5. The lowest BCUT2D eigenvalue weighted by molar-refractivity contribution is -0.121. The van der Waals surface area contributed by atoms with Gasteiger partial charge in [0.2, 0.25) is 5.91 Å². The van der Waals surface area contributed by atoms with Gasteiger partial charge in [-0.1, -0.05) is 24.3 Å². The lowest BCUT2D eigenvalue weighted by Gasteiger charge is -2.13. The van der Waals surface area contributed by atoms with Crippen molar-refractivity contribution in [1.29, 1.82) is 0 Å². The molecule has 0 aliphatic rings. The van der Waals surface area contributed by atoms with Gasteiger partial charge in [0.1, 0.15) is 0 Å². The van der Waals surface area contributed by atoms with E-state index in [1.807, 2.05) is 62.3 Å². The molecule has 1 aromatic heterocycles. The zero-order valence-corrected chi connectivity index (χ0v) is 15.9. The van der Waals surface area contributed by atoms with Crippen molar-refractivity contribution in [2.24, 2.45) is 0 Å². The molecule has 140 valence electrons. The van der Waals surface area contributed by atoms with Crippen LogP contribution in [-0.4, -0.2) is 29.6 Å². The summed E-state index contributed by atoms with van der Waals surface area (Å²) in [5.41, 5.74) is 3.72. The van der Waals surface area contributed by atoms with Crippen molar-refractivity contribution >= 4 is 22.5 Å². The number of rotatable bonds is 6. The van der Waals surface area contributed by atoms with Gasteiger partial charge in [0.05, 0.1) is 17.2 Å². The van der Waals surface area contributed by atoms with Gasteiger partial charge in [0, 0.05) is 39.3 Å². The molecule has 0 bridgehead atoms. The molecule has 0 saturated carbocycles. The lowest BCUT2D eigenvalue weighted by atomic mass is 10.1. The first-order valence-corrected chi connectivity index (χ1v) is 8.93. The van der Waals surface area contributed by atoms with Gasteiger partial charge in [-0.2, -0.15) is 0 Å². The van der Waals surface area contributed by atoms with Gasteiger partial charge in [0.25, 0.3) is 5.56 Å². The standard InChI is InChI=1S/C21H24N4O2/c1-15-5-4-6-18-20(15)23-14-25(21(18)27)12-11-19(26)22-13-16-7-9-17(10-8-16)24(2)3/h4-10,14H,11-13H2,1-3H3,(H,22,26). The van der Waals surface area contributed by atoms with Gasteiger partial charge >= 0.3 is 0 Å². The average molecular weight is 364 g/mol. The van der Waals surface area contributed by atoms with Crippen molar-refractivity contribution in [3.05, 3.63) is 70.3 Å². The van der Waals surface area contributed by atoms with E-state index in [1.54, 1.807) is 6.07 Å². The number of amides is 1. The largest absolute Gasteiger partial charge is 0.378 e. The fourth-order valence-corrected chi connectivity index (χ4v) is 2.92. The molecular formula is C21H24N4O2. The van der Waals surface area contributed by atoms with Crippen molar-refractivity contribution in [3.8, 4) is 0 Å². The maximum atomic E-state index is 12.5. The predicted molar refractivity (Wildman–Crippen MR) is 108 cm³/mol. The smallest absolute Gasteiger partial charge is 0.261 e. The number of nitrogens with zero attached hydrogens (tertiary/aromatic N) is 3. The summed E-state index contributed by atoms with van der Waals surface area (Å²) < 4.78 is 1.49. The SMILES string of the molecule is Cc1cccc2c(=O)n(CCC(=O)NCc3ccc(N(C)C)cc3)cnc12. The van der Waals surface area contributed by atoms with E-state index in [2.05, 4.69) is 10.3 Å². The van der Waals surface area contributed by atoms with Crippen LogP contribution in [0.2, 0.25) is 0 Å². The molecule has 0 spiro atoms. The Morgan fingerprint density at radius 2 is 1.89 bits per heavy atom. The quantitative estimate of drug-likeness (QED) is 0.730. The van der Waals surface area contributed by atoms with E-state index in [0.29, 0.717) is 24.0 Å². The molecular weight excluding hydrogens is 340 g/mol. The number of fused-ring (bicyclic) bond motifs is 1. The van der Waals surface area contributed by atoms with Crippen molar-refractivity contribution in [2.75, 3.05) is 19.0 Å². The number of aryl methyl sites for hydroxylation is 2. The Labute approximate surface area is 158 Å². The zero-order valence-electron chi connectivity index (χ0n) is 15.9. The first-order chi connectivity index (χ1) is 13.0. The molecule has 27 heavy (non-hydrogen) atoms. The van der Waals surface area contributed by atoms with E-state index in [4.69, 9.17) is 0 Å². The molecule has 0 aliphatic heterocycles. The van der Waals surface area contributed by atoms with Crippen LogP contribution in [0.25, 0.3) is 10.9 Å². The molecule has 1 heterocycles.